The van der Waals surface area contributed by atoms with Gasteiger partial charge in [0.05, 0.1) is 24.6 Å². The SMILES string of the molecule is COc1ccc(CN2CCN(C(=O)c3cc4cc(Oc5ccc(NC(=O)c6ccc(C(F)(F)F)cc6)cn5)ccc4n3C)C(C)C2)cc1. The molecule has 0 spiro atoms. The van der Waals surface area contributed by atoms with Gasteiger partial charge in [0.2, 0.25) is 5.88 Å². The number of nitrogens with one attached hydrogen (secondary N) is 1. The monoisotopic (exact) mass is 657 g/mol. The van der Waals surface area contributed by atoms with Crippen LogP contribution in [0.25, 0.3) is 10.9 Å². The van der Waals surface area contributed by atoms with Crippen LogP contribution in [0, 0.1) is 0 Å². The van der Waals surface area contributed by atoms with Gasteiger partial charge in [-0.15, -0.1) is 0 Å². The lowest BCUT2D eigenvalue weighted by molar-refractivity contribution is -0.137. The van der Waals surface area contributed by atoms with E-state index < -0.39 is 17.6 Å². The number of nitrogens with zero attached hydrogens (tertiary/aromatic N) is 4. The molecule has 1 N–H and O–H groups in total. The molecule has 12 heteroatoms. The Hall–Kier alpha value is -5.36. The van der Waals surface area contributed by atoms with E-state index in [1.165, 1.54) is 11.8 Å². The lowest BCUT2D eigenvalue weighted by atomic mass is 10.1. The van der Waals surface area contributed by atoms with Crippen molar-refractivity contribution >= 4 is 28.4 Å². The summed E-state index contributed by atoms with van der Waals surface area (Å²) in [6.45, 7) is 5.05. The molecule has 1 aliphatic heterocycles. The summed E-state index contributed by atoms with van der Waals surface area (Å²) >= 11 is 0. The van der Waals surface area contributed by atoms with Gasteiger partial charge in [-0.05, 0) is 79.2 Å². The molecule has 5 aromatic rings. The fraction of sp³-hybridized carbons (Fsp3) is 0.250. The first-order chi connectivity index (χ1) is 23.0. The molecule has 0 saturated carbocycles. The summed E-state index contributed by atoms with van der Waals surface area (Å²) in [6.07, 6.45) is -3.08. The van der Waals surface area contributed by atoms with E-state index in [1.807, 2.05) is 46.8 Å². The fourth-order valence-electron chi connectivity index (χ4n) is 5.86. The number of hydrogen-bond donors (Lipinski definition) is 1. The highest BCUT2D eigenvalue weighted by Crippen LogP contribution is 2.30. The molecule has 48 heavy (non-hydrogen) atoms. The predicted octanol–water partition coefficient (Wildman–Crippen LogP) is 6.99. The third kappa shape index (κ3) is 7.13. The number of hydrogen-bond acceptors (Lipinski definition) is 6. The topological polar surface area (TPSA) is 88.9 Å². The lowest BCUT2D eigenvalue weighted by Gasteiger charge is -2.40. The van der Waals surface area contributed by atoms with Gasteiger partial charge in [-0.25, -0.2) is 4.98 Å². The molecule has 0 bridgehead atoms. The third-order valence-corrected chi connectivity index (χ3v) is 8.46. The van der Waals surface area contributed by atoms with E-state index in [1.54, 1.807) is 25.3 Å². The fourth-order valence-corrected chi connectivity index (χ4v) is 5.86. The van der Waals surface area contributed by atoms with Gasteiger partial charge in [0.15, 0.2) is 0 Å². The van der Waals surface area contributed by atoms with Gasteiger partial charge in [0.25, 0.3) is 11.8 Å². The summed E-state index contributed by atoms with van der Waals surface area (Å²) in [4.78, 5) is 34.7. The van der Waals surface area contributed by atoms with Crippen molar-refractivity contribution in [1.82, 2.24) is 19.4 Å². The summed E-state index contributed by atoms with van der Waals surface area (Å²) in [6, 6.07) is 22.6. The van der Waals surface area contributed by atoms with E-state index in [4.69, 9.17) is 9.47 Å². The van der Waals surface area contributed by atoms with Gasteiger partial charge >= 0.3 is 6.18 Å². The number of ether oxygens (including phenoxy) is 2. The van der Waals surface area contributed by atoms with E-state index in [0.717, 1.165) is 60.6 Å². The van der Waals surface area contributed by atoms with Gasteiger partial charge in [-0.3, -0.25) is 14.5 Å². The van der Waals surface area contributed by atoms with Crippen molar-refractivity contribution in [2.24, 2.45) is 7.05 Å². The van der Waals surface area contributed by atoms with Gasteiger partial charge < -0.3 is 24.3 Å². The summed E-state index contributed by atoms with van der Waals surface area (Å²) in [5.74, 6) is 1.03. The van der Waals surface area contributed by atoms with Crippen molar-refractivity contribution in [1.29, 1.82) is 0 Å². The molecular formula is C36H34F3N5O4. The van der Waals surface area contributed by atoms with Crippen molar-refractivity contribution < 1.29 is 32.2 Å². The highest BCUT2D eigenvalue weighted by atomic mass is 19.4. The minimum atomic E-state index is -4.48. The van der Waals surface area contributed by atoms with E-state index in [-0.39, 0.29) is 23.4 Å². The molecule has 2 amide bonds. The summed E-state index contributed by atoms with van der Waals surface area (Å²) < 4.78 is 51.5. The number of pyridine rings is 1. The number of amides is 2. The van der Waals surface area contributed by atoms with Crippen molar-refractivity contribution in [2.75, 3.05) is 32.1 Å². The average Bonchev–Trinajstić information content (AvgIpc) is 3.40. The molecule has 9 nitrogen and oxygen atoms in total. The van der Waals surface area contributed by atoms with Crippen molar-refractivity contribution in [3.8, 4) is 17.4 Å². The molecule has 248 valence electrons. The number of piperazine rings is 1. The van der Waals surface area contributed by atoms with Gasteiger partial charge in [0, 0.05) is 61.8 Å². The predicted molar refractivity (Wildman–Crippen MR) is 175 cm³/mol. The Morgan fingerprint density at radius 2 is 1.67 bits per heavy atom. The van der Waals surface area contributed by atoms with E-state index in [2.05, 4.69) is 34.3 Å². The van der Waals surface area contributed by atoms with Gasteiger partial charge in [-0.2, -0.15) is 13.2 Å². The zero-order valence-corrected chi connectivity index (χ0v) is 26.6. The number of fused-ring (bicyclic) bond motifs is 1. The van der Waals surface area contributed by atoms with E-state index in [9.17, 15) is 22.8 Å². The Balaban J connectivity index is 1.07. The van der Waals surface area contributed by atoms with Crippen molar-refractivity contribution in [3.63, 3.8) is 0 Å². The number of alkyl halides is 3. The van der Waals surface area contributed by atoms with Crippen LogP contribution in [-0.2, 0) is 19.8 Å². The number of anilines is 1. The van der Waals surface area contributed by atoms with Crippen molar-refractivity contribution in [2.45, 2.75) is 25.7 Å². The largest absolute Gasteiger partial charge is 0.497 e. The van der Waals surface area contributed by atoms with Crippen LogP contribution >= 0.6 is 0 Å². The Morgan fingerprint density at radius 1 is 0.938 bits per heavy atom. The van der Waals surface area contributed by atoms with Crippen LogP contribution in [0.15, 0.2) is 91.1 Å². The van der Waals surface area contributed by atoms with Gasteiger partial charge in [-0.1, -0.05) is 12.1 Å². The second-order valence-corrected chi connectivity index (χ2v) is 11.8. The number of rotatable bonds is 8. The number of halogens is 3. The smallest absolute Gasteiger partial charge is 0.416 e. The van der Waals surface area contributed by atoms with Crippen molar-refractivity contribution in [3.05, 3.63) is 114 Å². The summed E-state index contributed by atoms with van der Waals surface area (Å²) in [5, 5.41) is 3.45. The highest BCUT2D eigenvalue weighted by molar-refractivity contribution is 6.04. The summed E-state index contributed by atoms with van der Waals surface area (Å²) in [5.41, 5.74) is 2.27. The number of carbonyl (C=O) groups excluding carboxylic acids is 2. The van der Waals surface area contributed by atoms with Crippen LogP contribution in [0.4, 0.5) is 18.9 Å². The maximum Gasteiger partial charge on any atom is 0.416 e. The van der Waals surface area contributed by atoms with Crippen LogP contribution < -0.4 is 14.8 Å². The minimum absolute atomic E-state index is 0.0247. The Morgan fingerprint density at radius 3 is 2.31 bits per heavy atom. The first-order valence-corrected chi connectivity index (χ1v) is 15.4. The van der Waals surface area contributed by atoms with Crippen LogP contribution in [0.5, 0.6) is 17.4 Å². The molecule has 3 heterocycles. The Labute approximate surface area is 275 Å². The van der Waals surface area contributed by atoms with Crippen LogP contribution in [0.1, 0.15) is 38.9 Å². The molecule has 6 rings (SSSR count). The van der Waals surface area contributed by atoms with E-state index >= 15 is 0 Å². The molecule has 1 atom stereocenters. The lowest BCUT2D eigenvalue weighted by Crippen LogP contribution is -2.53. The maximum absolute atomic E-state index is 13.7. The summed E-state index contributed by atoms with van der Waals surface area (Å²) in [7, 11) is 3.53. The number of benzene rings is 3. The molecule has 2 aromatic heterocycles. The normalized spacial score (nSPS) is 15.4. The second-order valence-electron chi connectivity index (χ2n) is 11.8. The first kappa shape index (κ1) is 32.6. The van der Waals surface area contributed by atoms with Crippen LogP contribution in [-0.4, -0.2) is 64.0 Å². The molecule has 1 aliphatic rings. The molecule has 1 unspecified atom stereocenters. The van der Waals surface area contributed by atoms with E-state index in [0.29, 0.717) is 23.7 Å². The third-order valence-electron chi connectivity index (χ3n) is 8.46. The zero-order chi connectivity index (χ0) is 34.0. The molecule has 1 saturated heterocycles. The maximum atomic E-state index is 13.7. The quantitative estimate of drug-likeness (QED) is 0.194. The molecule has 0 radical (unpaired) electrons. The number of aryl methyl sites for hydroxylation is 1. The standard InChI is InChI=1S/C36H34F3N5O4/c1-23-21-43(22-24-4-11-29(47-3)12-5-24)16-17-44(23)35(46)32-19-26-18-30(13-14-31(26)42(32)2)48-33-15-10-28(20-40-33)41-34(45)25-6-8-27(9-7-25)36(37,38)39/h4-15,18-20,23H,16-17,21-22H2,1-3H3,(H,41,45). The second kappa shape index (κ2) is 13.4. The number of methoxy groups -OCH3 is 1. The Kier molecular flexibility index (Phi) is 9.09. The number of carbonyl (C=O) groups is 2. The minimum Gasteiger partial charge on any atom is -0.497 e. The van der Waals surface area contributed by atoms with Gasteiger partial charge in [0.1, 0.15) is 17.2 Å². The number of aromatic nitrogens is 2. The Bertz CT molecular complexity index is 1920. The first-order valence-electron chi connectivity index (χ1n) is 15.4. The van der Waals surface area contributed by atoms with Crippen LogP contribution in [0.2, 0.25) is 0 Å². The van der Waals surface area contributed by atoms with Crippen LogP contribution in [0.3, 0.4) is 0 Å². The highest BCUT2D eigenvalue weighted by Gasteiger charge is 2.31. The molecule has 3 aromatic carbocycles. The zero-order valence-electron chi connectivity index (χ0n) is 26.6. The molecule has 0 aliphatic carbocycles. The molecular weight excluding hydrogens is 623 g/mol. The molecule has 1 fully saturated rings. The average molecular weight is 658 g/mol.